The van der Waals surface area contributed by atoms with Gasteiger partial charge in [0.1, 0.15) is 5.75 Å². The topological polar surface area (TPSA) is 97.6 Å². The van der Waals surface area contributed by atoms with Crippen molar-refractivity contribution in [1.29, 1.82) is 0 Å². The van der Waals surface area contributed by atoms with Crippen LogP contribution in [0.15, 0.2) is 59.2 Å². The van der Waals surface area contributed by atoms with Crippen LogP contribution in [0.2, 0.25) is 0 Å². The van der Waals surface area contributed by atoms with Gasteiger partial charge in [0.2, 0.25) is 5.78 Å². The molecule has 3 aromatic rings. The fraction of sp³-hybridized carbons (Fsp3) is 0.150. The molecule has 0 bridgehead atoms. The van der Waals surface area contributed by atoms with Crippen molar-refractivity contribution in [3.63, 3.8) is 0 Å². The quantitative estimate of drug-likeness (QED) is 0.470. The first-order chi connectivity index (χ1) is 13.6. The Labute approximate surface area is 165 Å². The first-order valence-corrected chi connectivity index (χ1v) is 9.38. The Morgan fingerprint density at radius 3 is 2.61 bits per heavy atom. The summed E-state index contributed by atoms with van der Waals surface area (Å²) in [5.74, 6) is -1.05. The van der Waals surface area contributed by atoms with Crippen LogP contribution in [-0.4, -0.2) is 24.2 Å². The van der Waals surface area contributed by atoms with E-state index >= 15 is 0 Å². The molecule has 7 nitrogen and oxygen atoms in total. The van der Waals surface area contributed by atoms with Crippen molar-refractivity contribution >= 4 is 34.6 Å². The summed E-state index contributed by atoms with van der Waals surface area (Å²) < 4.78 is 10.5. The molecule has 2 N–H and O–H groups in total. The summed E-state index contributed by atoms with van der Waals surface area (Å²) in [6.07, 6.45) is 1.43. The number of benzene rings is 1. The Morgan fingerprint density at radius 1 is 1.04 bits per heavy atom. The number of para-hydroxylation sites is 2. The number of anilines is 1. The fourth-order valence-corrected chi connectivity index (χ4v) is 3.29. The largest absolute Gasteiger partial charge is 0.492 e. The molecule has 0 radical (unpaired) electrons. The van der Waals surface area contributed by atoms with E-state index in [4.69, 9.17) is 9.15 Å². The van der Waals surface area contributed by atoms with Crippen molar-refractivity contribution < 1.29 is 23.5 Å². The van der Waals surface area contributed by atoms with Gasteiger partial charge in [0.15, 0.2) is 5.76 Å². The average Bonchev–Trinajstić information content (AvgIpc) is 3.39. The smallest absolute Gasteiger partial charge is 0.313 e. The highest BCUT2D eigenvalue weighted by atomic mass is 32.1. The van der Waals surface area contributed by atoms with Gasteiger partial charge in [0, 0.05) is 4.88 Å². The molecule has 0 saturated heterocycles. The summed E-state index contributed by atoms with van der Waals surface area (Å²) in [7, 11) is 0. The van der Waals surface area contributed by atoms with Gasteiger partial charge >= 0.3 is 11.8 Å². The summed E-state index contributed by atoms with van der Waals surface area (Å²) >= 11 is 1.23. The van der Waals surface area contributed by atoms with E-state index in [1.807, 2.05) is 6.92 Å². The molecule has 0 spiro atoms. The molecule has 1 aromatic carbocycles. The molecular weight excluding hydrogens is 380 g/mol. The van der Waals surface area contributed by atoms with Gasteiger partial charge < -0.3 is 19.8 Å². The number of amides is 2. The molecule has 0 saturated carbocycles. The predicted molar refractivity (Wildman–Crippen MR) is 105 cm³/mol. The average molecular weight is 398 g/mol. The Kier molecular flexibility index (Phi) is 6.23. The second-order valence-electron chi connectivity index (χ2n) is 5.64. The van der Waals surface area contributed by atoms with Gasteiger partial charge in [-0.15, -0.1) is 11.3 Å². The molecule has 0 aliphatic rings. The van der Waals surface area contributed by atoms with E-state index in [1.165, 1.54) is 17.6 Å². The molecule has 0 aliphatic heterocycles. The van der Waals surface area contributed by atoms with E-state index in [9.17, 15) is 14.4 Å². The van der Waals surface area contributed by atoms with Crippen molar-refractivity contribution in [1.82, 2.24) is 5.32 Å². The Balaban J connectivity index is 1.56. The van der Waals surface area contributed by atoms with Gasteiger partial charge in [-0.05, 0) is 43.3 Å². The SMILES string of the molecule is CCOc1ccccc1NC(=O)C(=O)NCc1ccc(C(=O)c2ccco2)s1. The number of ether oxygens (including phenoxy) is 1. The first-order valence-electron chi connectivity index (χ1n) is 8.56. The van der Waals surface area contributed by atoms with E-state index in [1.54, 1.807) is 48.5 Å². The monoisotopic (exact) mass is 398 g/mol. The molecule has 2 aromatic heterocycles. The highest BCUT2D eigenvalue weighted by Gasteiger charge is 2.17. The van der Waals surface area contributed by atoms with E-state index in [0.29, 0.717) is 22.9 Å². The second kappa shape index (κ2) is 9.01. The summed E-state index contributed by atoms with van der Waals surface area (Å²) in [5, 5.41) is 5.08. The van der Waals surface area contributed by atoms with Crippen molar-refractivity contribution in [3.05, 3.63) is 70.3 Å². The lowest BCUT2D eigenvalue weighted by Crippen LogP contribution is -2.34. The Morgan fingerprint density at radius 2 is 1.86 bits per heavy atom. The fourth-order valence-electron chi connectivity index (χ4n) is 2.40. The van der Waals surface area contributed by atoms with Crippen LogP contribution >= 0.6 is 11.3 Å². The lowest BCUT2D eigenvalue weighted by molar-refractivity contribution is -0.136. The number of hydrogen-bond donors (Lipinski definition) is 2. The summed E-state index contributed by atoms with van der Waals surface area (Å²) in [5.41, 5.74) is 0.423. The van der Waals surface area contributed by atoms with Gasteiger partial charge in [-0.1, -0.05) is 12.1 Å². The van der Waals surface area contributed by atoms with Gasteiger partial charge in [0.05, 0.1) is 30.0 Å². The standard InChI is InChI=1S/C20H18N2O5S/c1-2-26-15-7-4-3-6-14(15)22-20(25)19(24)21-12-13-9-10-17(28-13)18(23)16-8-5-11-27-16/h3-11H,2,12H2,1H3,(H,21,24)(H,22,25). The number of carbonyl (C=O) groups excluding carboxylic acids is 3. The minimum absolute atomic E-state index is 0.134. The van der Waals surface area contributed by atoms with Crippen LogP contribution in [0.1, 0.15) is 27.2 Å². The number of thiophene rings is 1. The van der Waals surface area contributed by atoms with Crippen LogP contribution in [0, 0.1) is 0 Å². The second-order valence-corrected chi connectivity index (χ2v) is 6.81. The van der Waals surface area contributed by atoms with Gasteiger partial charge in [-0.2, -0.15) is 0 Å². The molecule has 0 aliphatic carbocycles. The van der Waals surface area contributed by atoms with Gasteiger partial charge in [-0.3, -0.25) is 14.4 Å². The normalized spacial score (nSPS) is 10.3. The molecule has 144 valence electrons. The molecule has 28 heavy (non-hydrogen) atoms. The lowest BCUT2D eigenvalue weighted by atomic mass is 10.2. The number of nitrogens with one attached hydrogen (secondary N) is 2. The van der Waals surface area contributed by atoms with Crippen molar-refractivity contribution in [2.45, 2.75) is 13.5 Å². The van der Waals surface area contributed by atoms with Crippen LogP contribution in [0.25, 0.3) is 0 Å². The van der Waals surface area contributed by atoms with Crippen LogP contribution in [0.3, 0.4) is 0 Å². The van der Waals surface area contributed by atoms with Gasteiger partial charge in [-0.25, -0.2) is 0 Å². The summed E-state index contributed by atoms with van der Waals surface area (Å²) in [6, 6.07) is 13.5. The minimum Gasteiger partial charge on any atom is -0.492 e. The Bertz CT molecular complexity index is 978. The molecular formula is C20H18N2O5S. The third kappa shape index (κ3) is 4.66. The third-order valence-corrected chi connectivity index (χ3v) is 4.78. The van der Waals surface area contributed by atoms with Crippen LogP contribution < -0.4 is 15.4 Å². The maximum Gasteiger partial charge on any atom is 0.313 e. The van der Waals surface area contributed by atoms with E-state index in [0.717, 1.165) is 4.88 Å². The van der Waals surface area contributed by atoms with Crippen LogP contribution in [0.5, 0.6) is 5.75 Å². The number of carbonyl (C=O) groups is 3. The lowest BCUT2D eigenvalue weighted by Gasteiger charge is -2.11. The molecule has 2 heterocycles. The molecule has 0 unspecified atom stereocenters. The van der Waals surface area contributed by atoms with Crippen molar-refractivity contribution in [3.8, 4) is 5.75 Å². The van der Waals surface area contributed by atoms with E-state index < -0.39 is 11.8 Å². The molecule has 0 fully saturated rings. The Hall–Kier alpha value is -3.39. The van der Waals surface area contributed by atoms with E-state index in [2.05, 4.69) is 10.6 Å². The number of ketones is 1. The summed E-state index contributed by atoms with van der Waals surface area (Å²) in [4.78, 5) is 37.6. The number of furan rings is 1. The first kappa shape index (κ1) is 19.4. The third-order valence-electron chi connectivity index (χ3n) is 3.69. The zero-order chi connectivity index (χ0) is 19.9. The van der Waals surface area contributed by atoms with Crippen molar-refractivity contribution in [2.24, 2.45) is 0 Å². The van der Waals surface area contributed by atoms with Crippen molar-refractivity contribution in [2.75, 3.05) is 11.9 Å². The molecule has 0 atom stereocenters. The summed E-state index contributed by atoms with van der Waals surface area (Å²) in [6.45, 7) is 2.41. The number of hydrogen-bond acceptors (Lipinski definition) is 6. The zero-order valence-electron chi connectivity index (χ0n) is 15.1. The number of rotatable bonds is 7. The maximum atomic E-state index is 12.2. The molecule has 3 rings (SSSR count). The highest BCUT2D eigenvalue weighted by Crippen LogP contribution is 2.23. The molecule has 8 heteroatoms. The predicted octanol–water partition coefficient (Wildman–Crippen LogP) is 3.23. The van der Waals surface area contributed by atoms with Crippen LogP contribution in [0.4, 0.5) is 5.69 Å². The van der Waals surface area contributed by atoms with Crippen LogP contribution in [-0.2, 0) is 16.1 Å². The molecule has 2 amide bonds. The minimum atomic E-state index is -0.796. The zero-order valence-corrected chi connectivity index (χ0v) is 15.9. The van der Waals surface area contributed by atoms with Gasteiger partial charge in [0.25, 0.3) is 0 Å². The highest BCUT2D eigenvalue weighted by molar-refractivity contribution is 7.14. The van der Waals surface area contributed by atoms with E-state index in [-0.39, 0.29) is 18.1 Å². The maximum absolute atomic E-state index is 12.2.